The fourth-order valence-corrected chi connectivity index (χ4v) is 3.17. The van der Waals surface area contributed by atoms with Gasteiger partial charge in [-0.3, -0.25) is 14.5 Å². The predicted molar refractivity (Wildman–Crippen MR) is 102 cm³/mol. The third-order valence-corrected chi connectivity index (χ3v) is 4.47. The summed E-state index contributed by atoms with van der Waals surface area (Å²) in [7, 11) is 1.59. The van der Waals surface area contributed by atoms with E-state index in [-0.39, 0.29) is 11.8 Å². The molecule has 2 amide bonds. The molecular weight excluding hydrogens is 328 g/mol. The molecule has 2 aromatic carbocycles. The lowest BCUT2D eigenvalue weighted by molar-refractivity contribution is -0.136. The van der Waals surface area contributed by atoms with E-state index in [0.717, 1.165) is 16.7 Å². The second-order valence-electron chi connectivity index (χ2n) is 6.28. The SMILES string of the molecule is CCN1C(=O)C(Nc2cccc(OC)c2)=C(c2ccc(C)cc2C)C1=O. The van der Waals surface area contributed by atoms with Crippen LogP contribution in [0.1, 0.15) is 23.6 Å². The van der Waals surface area contributed by atoms with Crippen LogP contribution in [-0.2, 0) is 9.59 Å². The first-order chi connectivity index (χ1) is 12.5. The lowest BCUT2D eigenvalue weighted by atomic mass is 9.97. The number of carbonyl (C=O) groups excluding carboxylic acids is 2. The minimum Gasteiger partial charge on any atom is -0.497 e. The van der Waals surface area contributed by atoms with Gasteiger partial charge in [-0.1, -0.05) is 29.8 Å². The summed E-state index contributed by atoms with van der Waals surface area (Å²) in [4.78, 5) is 27.0. The maximum atomic E-state index is 12.9. The van der Waals surface area contributed by atoms with Crippen LogP contribution in [0.4, 0.5) is 5.69 Å². The van der Waals surface area contributed by atoms with E-state index in [4.69, 9.17) is 4.74 Å². The lowest BCUT2D eigenvalue weighted by Gasteiger charge is -2.12. The molecule has 2 aromatic rings. The highest BCUT2D eigenvalue weighted by atomic mass is 16.5. The van der Waals surface area contributed by atoms with E-state index in [1.165, 1.54) is 4.90 Å². The summed E-state index contributed by atoms with van der Waals surface area (Å²) in [5.74, 6) is 0.0953. The van der Waals surface area contributed by atoms with Crippen molar-refractivity contribution in [2.45, 2.75) is 20.8 Å². The molecule has 0 atom stereocenters. The van der Waals surface area contributed by atoms with Crippen LogP contribution in [0.2, 0.25) is 0 Å². The van der Waals surface area contributed by atoms with Gasteiger partial charge in [-0.2, -0.15) is 0 Å². The number of nitrogens with one attached hydrogen (secondary N) is 1. The monoisotopic (exact) mass is 350 g/mol. The summed E-state index contributed by atoms with van der Waals surface area (Å²) >= 11 is 0. The highest BCUT2D eigenvalue weighted by Crippen LogP contribution is 2.32. The van der Waals surface area contributed by atoms with Gasteiger partial charge in [0.1, 0.15) is 11.4 Å². The van der Waals surface area contributed by atoms with Crippen molar-refractivity contribution in [2.24, 2.45) is 0 Å². The molecule has 1 aliphatic heterocycles. The van der Waals surface area contributed by atoms with Crippen molar-refractivity contribution in [1.82, 2.24) is 4.90 Å². The number of likely N-dealkylation sites (N-methyl/N-ethyl adjacent to an activating group) is 1. The van der Waals surface area contributed by atoms with Gasteiger partial charge >= 0.3 is 0 Å². The van der Waals surface area contributed by atoms with Crippen LogP contribution in [0.5, 0.6) is 5.75 Å². The first kappa shape index (κ1) is 17.7. The van der Waals surface area contributed by atoms with Crippen LogP contribution in [-0.4, -0.2) is 30.4 Å². The van der Waals surface area contributed by atoms with Gasteiger partial charge in [0.15, 0.2) is 0 Å². The van der Waals surface area contributed by atoms with Crippen molar-refractivity contribution in [3.63, 3.8) is 0 Å². The first-order valence-corrected chi connectivity index (χ1v) is 8.55. The molecule has 5 nitrogen and oxygen atoms in total. The molecule has 0 bridgehead atoms. The Hall–Kier alpha value is -3.08. The van der Waals surface area contributed by atoms with Gasteiger partial charge in [0.25, 0.3) is 11.8 Å². The molecule has 0 fully saturated rings. The van der Waals surface area contributed by atoms with E-state index in [9.17, 15) is 9.59 Å². The lowest BCUT2D eigenvalue weighted by Crippen LogP contribution is -2.32. The van der Waals surface area contributed by atoms with Crippen LogP contribution < -0.4 is 10.1 Å². The number of methoxy groups -OCH3 is 1. The number of anilines is 1. The molecule has 0 radical (unpaired) electrons. The number of aryl methyl sites for hydroxylation is 2. The van der Waals surface area contributed by atoms with E-state index >= 15 is 0 Å². The Balaban J connectivity index is 2.12. The second-order valence-corrected chi connectivity index (χ2v) is 6.28. The molecule has 1 aliphatic rings. The molecule has 0 aromatic heterocycles. The molecule has 0 saturated heterocycles. The Morgan fingerprint density at radius 2 is 1.81 bits per heavy atom. The molecule has 0 aliphatic carbocycles. The molecular formula is C21H22N2O3. The van der Waals surface area contributed by atoms with Crippen molar-refractivity contribution < 1.29 is 14.3 Å². The molecule has 3 rings (SSSR count). The van der Waals surface area contributed by atoms with E-state index in [1.807, 2.05) is 50.2 Å². The van der Waals surface area contributed by atoms with Crippen LogP contribution in [0.3, 0.4) is 0 Å². The minimum atomic E-state index is -0.310. The van der Waals surface area contributed by atoms with Crippen molar-refractivity contribution >= 4 is 23.1 Å². The summed E-state index contributed by atoms with van der Waals surface area (Å²) in [6, 6.07) is 13.1. The van der Waals surface area contributed by atoms with Crippen molar-refractivity contribution in [3.05, 3.63) is 64.9 Å². The molecule has 134 valence electrons. The fraction of sp³-hybridized carbons (Fsp3) is 0.238. The highest BCUT2D eigenvalue weighted by Gasteiger charge is 2.38. The summed E-state index contributed by atoms with van der Waals surface area (Å²) in [6.07, 6.45) is 0. The Morgan fingerprint density at radius 1 is 1.04 bits per heavy atom. The average molecular weight is 350 g/mol. The molecule has 26 heavy (non-hydrogen) atoms. The zero-order chi connectivity index (χ0) is 18.8. The standard InChI is InChI=1S/C21H22N2O3/c1-5-23-20(24)18(17-10-9-13(2)11-14(17)3)19(21(23)25)22-15-7-6-8-16(12-15)26-4/h6-12,22H,5H2,1-4H3. The third-order valence-electron chi connectivity index (χ3n) is 4.47. The number of imide groups is 1. The summed E-state index contributed by atoms with van der Waals surface area (Å²) in [6.45, 7) is 6.07. The maximum absolute atomic E-state index is 12.9. The predicted octanol–water partition coefficient (Wildman–Crippen LogP) is 3.52. The number of hydrogen-bond donors (Lipinski definition) is 1. The topological polar surface area (TPSA) is 58.6 Å². The minimum absolute atomic E-state index is 0.269. The molecule has 0 unspecified atom stereocenters. The zero-order valence-electron chi connectivity index (χ0n) is 15.4. The van der Waals surface area contributed by atoms with E-state index in [0.29, 0.717) is 29.3 Å². The molecule has 1 N–H and O–H groups in total. The van der Waals surface area contributed by atoms with E-state index < -0.39 is 0 Å². The van der Waals surface area contributed by atoms with Gasteiger partial charge in [0, 0.05) is 18.3 Å². The highest BCUT2D eigenvalue weighted by molar-refractivity contribution is 6.36. The van der Waals surface area contributed by atoms with Gasteiger partial charge in [-0.25, -0.2) is 0 Å². The van der Waals surface area contributed by atoms with Gasteiger partial charge in [0.05, 0.1) is 12.7 Å². The normalized spacial score (nSPS) is 14.2. The quantitative estimate of drug-likeness (QED) is 0.838. The van der Waals surface area contributed by atoms with E-state index in [2.05, 4.69) is 5.32 Å². The largest absolute Gasteiger partial charge is 0.497 e. The number of rotatable bonds is 5. The van der Waals surface area contributed by atoms with Gasteiger partial charge in [-0.05, 0) is 44.0 Å². The van der Waals surface area contributed by atoms with E-state index in [1.54, 1.807) is 20.1 Å². The number of nitrogens with zero attached hydrogens (tertiary/aromatic N) is 1. The molecule has 1 heterocycles. The van der Waals surface area contributed by atoms with Crippen LogP contribution in [0, 0.1) is 13.8 Å². The summed E-state index contributed by atoms with van der Waals surface area (Å²) in [5, 5.41) is 3.14. The van der Waals surface area contributed by atoms with Crippen LogP contribution >= 0.6 is 0 Å². The van der Waals surface area contributed by atoms with Crippen molar-refractivity contribution in [3.8, 4) is 5.75 Å². The smallest absolute Gasteiger partial charge is 0.278 e. The Kier molecular flexibility index (Phi) is 4.80. The second kappa shape index (κ2) is 7.04. The van der Waals surface area contributed by atoms with Gasteiger partial charge in [0.2, 0.25) is 0 Å². The van der Waals surface area contributed by atoms with Crippen LogP contribution in [0.25, 0.3) is 5.57 Å². The third kappa shape index (κ3) is 3.08. The Bertz CT molecular complexity index is 915. The number of benzene rings is 2. The summed E-state index contributed by atoms with van der Waals surface area (Å²) in [5.41, 5.74) is 4.26. The number of hydrogen-bond acceptors (Lipinski definition) is 4. The zero-order valence-corrected chi connectivity index (χ0v) is 15.4. The number of amides is 2. The first-order valence-electron chi connectivity index (χ1n) is 8.55. The van der Waals surface area contributed by atoms with Crippen LogP contribution in [0.15, 0.2) is 48.2 Å². The van der Waals surface area contributed by atoms with Gasteiger partial charge in [-0.15, -0.1) is 0 Å². The number of ether oxygens (including phenoxy) is 1. The molecule has 5 heteroatoms. The molecule has 0 saturated carbocycles. The summed E-state index contributed by atoms with van der Waals surface area (Å²) < 4.78 is 5.23. The van der Waals surface area contributed by atoms with Crippen molar-refractivity contribution in [1.29, 1.82) is 0 Å². The van der Waals surface area contributed by atoms with Crippen molar-refractivity contribution in [2.75, 3.05) is 19.0 Å². The average Bonchev–Trinajstić information content (AvgIpc) is 2.85. The Labute approximate surface area is 153 Å². The number of carbonyl (C=O) groups is 2. The maximum Gasteiger partial charge on any atom is 0.278 e. The molecule has 0 spiro atoms. The fourth-order valence-electron chi connectivity index (χ4n) is 3.17. The Morgan fingerprint density at radius 3 is 2.46 bits per heavy atom. The van der Waals surface area contributed by atoms with Gasteiger partial charge < -0.3 is 10.1 Å².